The van der Waals surface area contributed by atoms with Gasteiger partial charge in [0.05, 0.1) is 22.9 Å². The Morgan fingerprint density at radius 1 is 1.56 bits per heavy atom. The number of benzene rings is 1. The van der Waals surface area contributed by atoms with Crippen LogP contribution in [0, 0.1) is 17.0 Å². The zero-order valence-corrected chi connectivity index (χ0v) is 10.4. The molecular formula is C10H10BrNO4. The van der Waals surface area contributed by atoms with Crippen LogP contribution in [0.2, 0.25) is 0 Å². The minimum Gasteiger partial charge on any atom is -0.469 e. The third-order valence-electron chi connectivity index (χ3n) is 2.24. The monoisotopic (exact) mass is 287 g/mol. The molecule has 16 heavy (non-hydrogen) atoms. The Kier molecular flexibility index (Phi) is 4.00. The van der Waals surface area contributed by atoms with Gasteiger partial charge in [0.1, 0.15) is 0 Å². The second kappa shape index (κ2) is 5.07. The Balaban J connectivity index is 3.18. The molecule has 0 unspecified atom stereocenters. The average molecular weight is 288 g/mol. The summed E-state index contributed by atoms with van der Waals surface area (Å²) in [7, 11) is 1.28. The molecule has 0 aliphatic heterocycles. The fourth-order valence-corrected chi connectivity index (χ4v) is 1.93. The molecule has 0 aliphatic rings. The van der Waals surface area contributed by atoms with E-state index in [1.54, 1.807) is 19.1 Å². The summed E-state index contributed by atoms with van der Waals surface area (Å²) in [5.74, 6) is -0.417. The van der Waals surface area contributed by atoms with E-state index in [1.165, 1.54) is 7.11 Å². The van der Waals surface area contributed by atoms with Crippen molar-refractivity contribution in [3.05, 3.63) is 37.8 Å². The van der Waals surface area contributed by atoms with Crippen molar-refractivity contribution in [3.8, 4) is 0 Å². The average Bonchev–Trinajstić information content (AvgIpc) is 2.21. The molecule has 0 spiro atoms. The number of rotatable bonds is 3. The number of methoxy groups -OCH3 is 1. The number of carbonyl (C=O) groups is 1. The lowest BCUT2D eigenvalue weighted by Crippen LogP contribution is -2.07. The molecule has 0 amide bonds. The molecule has 0 saturated heterocycles. The highest BCUT2D eigenvalue weighted by Crippen LogP contribution is 2.30. The molecule has 0 saturated carbocycles. The van der Waals surface area contributed by atoms with Gasteiger partial charge in [0, 0.05) is 5.56 Å². The van der Waals surface area contributed by atoms with Gasteiger partial charge in [-0.1, -0.05) is 6.07 Å². The molecule has 0 aliphatic carbocycles. The maximum absolute atomic E-state index is 11.1. The molecule has 1 aromatic rings. The van der Waals surface area contributed by atoms with E-state index in [-0.39, 0.29) is 12.1 Å². The van der Waals surface area contributed by atoms with Crippen LogP contribution < -0.4 is 0 Å². The molecule has 1 rings (SSSR count). The zero-order chi connectivity index (χ0) is 12.3. The Morgan fingerprint density at radius 2 is 2.19 bits per heavy atom. The van der Waals surface area contributed by atoms with E-state index < -0.39 is 10.9 Å². The first-order chi connectivity index (χ1) is 7.47. The normalized spacial score (nSPS) is 9.94. The van der Waals surface area contributed by atoms with Crippen molar-refractivity contribution < 1.29 is 14.5 Å². The zero-order valence-electron chi connectivity index (χ0n) is 8.82. The lowest BCUT2D eigenvalue weighted by atomic mass is 10.0. The quantitative estimate of drug-likeness (QED) is 0.486. The molecule has 86 valence electrons. The number of esters is 1. The van der Waals surface area contributed by atoms with Crippen molar-refractivity contribution in [1.29, 1.82) is 0 Å². The molecule has 0 aromatic heterocycles. The molecule has 5 nitrogen and oxygen atoms in total. The van der Waals surface area contributed by atoms with E-state index in [1.807, 2.05) is 0 Å². The van der Waals surface area contributed by atoms with E-state index in [0.29, 0.717) is 15.6 Å². The maximum atomic E-state index is 11.1. The van der Waals surface area contributed by atoms with Gasteiger partial charge in [-0.3, -0.25) is 14.9 Å². The number of nitro benzene ring substituents is 1. The number of ether oxygens (including phenoxy) is 1. The number of hydrogen-bond donors (Lipinski definition) is 0. The van der Waals surface area contributed by atoms with Gasteiger partial charge in [-0.25, -0.2) is 0 Å². The summed E-state index contributed by atoms with van der Waals surface area (Å²) in [5, 5.41) is 10.8. The fourth-order valence-electron chi connectivity index (χ4n) is 1.35. The van der Waals surface area contributed by atoms with Crippen molar-refractivity contribution in [2.75, 3.05) is 7.11 Å². The van der Waals surface area contributed by atoms with Crippen molar-refractivity contribution in [2.24, 2.45) is 0 Å². The third-order valence-corrected chi connectivity index (χ3v) is 2.88. The standard InChI is InChI=1S/C10H10BrNO4/c1-6-7(5-9(13)16-2)3-4-8(11)10(6)12(14)15/h3-4H,5H2,1-2H3. The first-order valence-electron chi connectivity index (χ1n) is 4.46. The maximum Gasteiger partial charge on any atom is 0.309 e. The summed E-state index contributed by atoms with van der Waals surface area (Å²) in [6.07, 6.45) is 0.0381. The highest BCUT2D eigenvalue weighted by molar-refractivity contribution is 9.10. The summed E-state index contributed by atoms with van der Waals surface area (Å²) in [4.78, 5) is 21.4. The summed E-state index contributed by atoms with van der Waals surface area (Å²) >= 11 is 3.11. The van der Waals surface area contributed by atoms with Crippen molar-refractivity contribution >= 4 is 27.6 Å². The van der Waals surface area contributed by atoms with Crippen molar-refractivity contribution in [1.82, 2.24) is 0 Å². The van der Waals surface area contributed by atoms with Crippen LogP contribution in [-0.4, -0.2) is 18.0 Å². The lowest BCUT2D eigenvalue weighted by molar-refractivity contribution is -0.386. The van der Waals surface area contributed by atoms with Gasteiger partial charge in [-0.05, 0) is 34.5 Å². The number of nitrogens with zero attached hydrogens (tertiary/aromatic N) is 1. The van der Waals surface area contributed by atoms with Gasteiger partial charge in [-0.2, -0.15) is 0 Å². The van der Waals surface area contributed by atoms with Crippen LogP contribution in [-0.2, 0) is 16.0 Å². The smallest absolute Gasteiger partial charge is 0.309 e. The summed E-state index contributed by atoms with van der Waals surface area (Å²) in [6.45, 7) is 1.61. The van der Waals surface area contributed by atoms with Crippen LogP contribution in [0.1, 0.15) is 11.1 Å². The lowest BCUT2D eigenvalue weighted by Gasteiger charge is -2.06. The second-order valence-corrected chi connectivity index (χ2v) is 4.04. The minimum absolute atomic E-state index is 0.0126. The van der Waals surface area contributed by atoms with E-state index in [0.717, 1.165) is 0 Å². The fraction of sp³-hybridized carbons (Fsp3) is 0.300. The first-order valence-corrected chi connectivity index (χ1v) is 5.26. The predicted molar refractivity (Wildman–Crippen MR) is 61.3 cm³/mol. The summed E-state index contributed by atoms with van der Waals surface area (Å²) < 4.78 is 4.93. The second-order valence-electron chi connectivity index (χ2n) is 3.19. The SMILES string of the molecule is COC(=O)Cc1ccc(Br)c([N+](=O)[O-])c1C. The van der Waals surface area contributed by atoms with Gasteiger partial charge < -0.3 is 4.74 Å². The largest absolute Gasteiger partial charge is 0.469 e. The van der Waals surface area contributed by atoms with Gasteiger partial charge in [0.2, 0.25) is 0 Å². The van der Waals surface area contributed by atoms with E-state index in [2.05, 4.69) is 20.7 Å². The third kappa shape index (κ3) is 2.57. The van der Waals surface area contributed by atoms with Crippen LogP contribution >= 0.6 is 15.9 Å². The van der Waals surface area contributed by atoms with Crippen LogP contribution in [0.3, 0.4) is 0 Å². The van der Waals surface area contributed by atoms with Gasteiger partial charge in [0.15, 0.2) is 0 Å². The Hall–Kier alpha value is -1.43. The van der Waals surface area contributed by atoms with Crippen LogP contribution in [0.15, 0.2) is 16.6 Å². The van der Waals surface area contributed by atoms with E-state index in [4.69, 9.17) is 0 Å². The molecule has 6 heteroatoms. The van der Waals surface area contributed by atoms with Crippen molar-refractivity contribution in [2.45, 2.75) is 13.3 Å². The van der Waals surface area contributed by atoms with Gasteiger partial charge >= 0.3 is 5.97 Å². The van der Waals surface area contributed by atoms with Gasteiger partial charge in [0.25, 0.3) is 5.69 Å². The molecule has 1 aromatic carbocycles. The minimum atomic E-state index is -0.472. The summed E-state index contributed by atoms with van der Waals surface area (Å²) in [6, 6.07) is 3.23. The first kappa shape index (κ1) is 12.6. The number of halogens is 1. The highest BCUT2D eigenvalue weighted by Gasteiger charge is 2.19. The number of nitro groups is 1. The molecule has 0 radical (unpaired) electrons. The highest BCUT2D eigenvalue weighted by atomic mass is 79.9. The molecular weight excluding hydrogens is 278 g/mol. The van der Waals surface area contributed by atoms with E-state index >= 15 is 0 Å². The molecule has 0 bridgehead atoms. The summed E-state index contributed by atoms with van der Waals surface area (Å²) in [5.41, 5.74) is 1.06. The predicted octanol–water partition coefficient (Wildman–Crippen LogP) is 2.38. The van der Waals surface area contributed by atoms with E-state index in [9.17, 15) is 14.9 Å². The number of carbonyl (C=O) groups excluding carboxylic acids is 1. The van der Waals surface area contributed by atoms with Gasteiger partial charge in [-0.15, -0.1) is 0 Å². The number of hydrogen-bond acceptors (Lipinski definition) is 4. The molecule has 0 atom stereocenters. The van der Waals surface area contributed by atoms with Crippen LogP contribution in [0.25, 0.3) is 0 Å². The Morgan fingerprint density at radius 3 is 2.69 bits per heavy atom. The molecule has 0 N–H and O–H groups in total. The van der Waals surface area contributed by atoms with Crippen LogP contribution in [0.5, 0.6) is 0 Å². The molecule has 0 heterocycles. The van der Waals surface area contributed by atoms with Crippen molar-refractivity contribution in [3.63, 3.8) is 0 Å². The Bertz CT molecular complexity index is 445. The molecule has 0 fully saturated rings. The topological polar surface area (TPSA) is 69.4 Å². The van der Waals surface area contributed by atoms with Crippen LogP contribution in [0.4, 0.5) is 5.69 Å². The Labute approximate surface area is 101 Å².